The quantitative estimate of drug-likeness (QED) is 0.756. The lowest BCUT2D eigenvalue weighted by molar-refractivity contribution is -0.122. The highest BCUT2D eigenvalue weighted by Crippen LogP contribution is 2.17. The summed E-state index contributed by atoms with van der Waals surface area (Å²) in [6.45, 7) is 6.19. The molecule has 0 radical (unpaired) electrons. The van der Waals surface area contributed by atoms with Gasteiger partial charge >= 0.3 is 0 Å². The van der Waals surface area contributed by atoms with Gasteiger partial charge in [-0.2, -0.15) is 0 Å². The molecule has 0 atom stereocenters. The van der Waals surface area contributed by atoms with Crippen LogP contribution in [0.3, 0.4) is 0 Å². The van der Waals surface area contributed by atoms with Crippen molar-refractivity contribution in [1.29, 1.82) is 0 Å². The number of halogens is 1. The zero-order chi connectivity index (χ0) is 14.3. The molecular weight excluding hydrogens is 258 g/mol. The van der Waals surface area contributed by atoms with Gasteiger partial charge < -0.3 is 5.32 Å². The molecular formula is C16H24ClNO. The highest BCUT2D eigenvalue weighted by Gasteiger charge is 2.26. The monoisotopic (exact) mass is 281 g/mol. The fourth-order valence-corrected chi connectivity index (χ4v) is 2.46. The maximum Gasteiger partial charge on any atom is 0.220 e. The van der Waals surface area contributed by atoms with Gasteiger partial charge in [-0.3, -0.25) is 4.79 Å². The van der Waals surface area contributed by atoms with Gasteiger partial charge in [-0.1, -0.05) is 43.7 Å². The summed E-state index contributed by atoms with van der Waals surface area (Å²) in [5.74, 6) is 0.556. The third kappa shape index (κ3) is 4.87. The largest absolute Gasteiger partial charge is 0.349 e. The summed E-state index contributed by atoms with van der Waals surface area (Å²) < 4.78 is 0. The van der Waals surface area contributed by atoms with E-state index in [1.165, 1.54) is 11.1 Å². The average Bonchev–Trinajstić information content (AvgIpc) is 2.44. The predicted octanol–water partition coefficient (Wildman–Crippen LogP) is 3.84. The van der Waals surface area contributed by atoms with E-state index >= 15 is 0 Å². The highest BCUT2D eigenvalue weighted by molar-refractivity contribution is 6.18. The van der Waals surface area contributed by atoms with Crippen molar-refractivity contribution in [1.82, 2.24) is 5.32 Å². The van der Waals surface area contributed by atoms with Crippen molar-refractivity contribution in [2.45, 2.75) is 52.0 Å². The molecule has 0 saturated heterocycles. The van der Waals surface area contributed by atoms with E-state index in [-0.39, 0.29) is 11.4 Å². The van der Waals surface area contributed by atoms with Crippen molar-refractivity contribution in [2.75, 3.05) is 5.88 Å². The van der Waals surface area contributed by atoms with Crippen molar-refractivity contribution >= 4 is 17.5 Å². The Morgan fingerprint density at radius 3 is 2.26 bits per heavy atom. The number of rotatable bonds is 7. The van der Waals surface area contributed by atoms with Crippen LogP contribution in [-0.2, 0) is 11.2 Å². The summed E-state index contributed by atoms with van der Waals surface area (Å²) in [4.78, 5) is 12.0. The van der Waals surface area contributed by atoms with Crippen molar-refractivity contribution in [3.05, 3.63) is 35.4 Å². The Morgan fingerprint density at radius 1 is 1.21 bits per heavy atom. The fourth-order valence-electron chi connectivity index (χ4n) is 2.02. The Morgan fingerprint density at radius 2 is 1.79 bits per heavy atom. The molecule has 0 saturated carbocycles. The van der Waals surface area contributed by atoms with E-state index in [0.717, 1.165) is 19.3 Å². The van der Waals surface area contributed by atoms with E-state index in [0.29, 0.717) is 12.3 Å². The Hall–Kier alpha value is -1.02. The van der Waals surface area contributed by atoms with Crippen LogP contribution in [-0.4, -0.2) is 17.3 Å². The lowest BCUT2D eigenvalue weighted by atomic mass is 9.95. The normalized spacial score (nSPS) is 11.4. The Balaban J connectivity index is 2.49. The molecule has 1 aromatic carbocycles. The van der Waals surface area contributed by atoms with Gasteiger partial charge in [-0.25, -0.2) is 0 Å². The van der Waals surface area contributed by atoms with Crippen LogP contribution < -0.4 is 5.32 Å². The molecule has 0 aliphatic heterocycles. The Kier molecular flexibility index (Phi) is 6.36. The summed E-state index contributed by atoms with van der Waals surface area (Å²) >= 11 is 5.99. The van der Waals surface area contributed by atoms with Crippen LogP contribution in [0.1, 0.15) is 44.2 Å². The smallest absolute Gasteiger partial charge is 0.220 e. The molecule has 106 valence electrons. The molecule has 0 aliphatic rings. The first-order chi connectivity index (χ1) is 9.05. The zero-order valence-electron chi connectivity index (χ0n) is 12.1. The van der Waals surface area contributed by atoms with E-state index < -0.39 is 0 Å². The molecule has 1 aromatic rings. The van der Waals surface area contributed by atoms with Gasteiger partial charge in [0.05, 0.1) is 5.54 Å². The zero-order valence-corrected chi connectivity index (χ0v) is 12.9. The molecule has 19 heavy (non-hydrogen) atoms. The molecule has 0 fully saturated rings. The molecule has 0 aromatic heterocycles. The SMILES string of the molecule is CCC(CC)(CCl)NC(=O)CCc1ccc(C)cc1. The molecule has 2 nitrogen and oxygen atoms in total. The average molecular weight is 282 g/mol. The number of hydrogen-bond donors (Lipinski definition) is 1. The molecule has 0 bridgehead atoms. The topological polar surface area (TPSA) is 29.1 Å². The molecule has 0 heterocycles. The van der Waals surface area contributed by atoms with Crippen molar-refractivity contribution in [2.24, 2.45) is 0 Å². The second-order valence-electron chi connectivity index (χ2n) is 5.15. The number of carbonyl (C=O) groups is 1. The van der Waals surface area contributed by atoms with Gasteiger partial charge in [0.2, 0.25) is 5.91 Å². The Labute approximate surface area is 121 Å². The van der Waals surface area contributed by atoms with Crippen LogP contribution >= 0.6 is 11.6 Å². The second kappa shape index (κ2) is 7.54. The minimum absolute atomic E-state index is 0.0879. The van der Waals surface area contributed by atoms with Crippen molar-refractivity contribution in [3.63, 3.8) is 0 Å². The van der Waals surface area contributed by atoms with E-state index in [4.69, 9.17) is 11.6 Å². The first-order valence-electron chi connectivity index (χ1n) is 6.97. The highest BCUT2D eigenvalue weighted by atomic mass is 35.5. The first-order valence-corrected chi connectivity index (χ1v) is 7.51. The fraction of sp³-hybridized carbons (Fsp3) is 0.562. The number of carbonyl (C=O) groups excluding carboxylic acids is 1. The minimum Gasteiger partial charge on any atom is -0.349 e. The molecule has 0 unspecified atom stereocenters. The summed E-state index contributed by atoms with van der Waals surface area (Å²) in [6.07, 6.45) is 3.02. The van der Waals surface area contributed by atoms with E-state index in [9.17, 15) is 4.79 Å². The maximum absolute atomic E-state index is 12.0. The lowest BCUT2D eigenvalue weighted by Gasteiger charge is -2.30. The first kappa shape index (κ1) is 16.0. The number of aryl methyl sites for hydroxylation is 2. The van der Waals surface area contributed by atoms with Crippen LogP contribution in [0.5, 0.6) is 0 Å². The van der Waals surface area contributed by atoms with Gasteiger partial charge in [0.25, 0.3) is 0 Å². The number of benzene rings is 1. The number of amides is 1. The summed E-state index contributed by atoms with van der Waals surface area (Å²) in [5, 5.41) is 3.09. The second-order valence-corrected chi connectivity index (χ2v) is 5.42. The predicted molar refractivity (Wildman–Crippen MR) is 81.7 cm³/mol. The van der Waals surface area contributed by atoms with Crippen LogP contribution in [0, 0.1) is 6.92 Å². The number of hydrogen-bond acceptors (Lipinski definition) is 1. The maximum atomic E-state index is 12.0. The van der Waals surface area contributed by atoms with Crippen molar-refractivity contribution < 1.29 is 4.79 Å². The third-order valence-corrected chi connectivity index (χ3v) is 4.29. The molecule has 3 heteroatoms. The number of alkyl halides is 1. The minimum atomic E-state index is -0.244. The van der Waals surface area contributed by atoms with Crippen LogP contribution in [0.25, 0.3) is 0 Å². The molecule has 1 N–H and O–H groups in total. The summed E-state index contributed by atoms with van der Waals surface area (Å²) in [7, 11) is 0. The Bertz CT molecular complexity index is 387. The van der Waals surface area contributed by atoms with E-state index in [1.807, 2.05) is 0 Å². The van der Waals surface area contributed by atoms with Crippen LogP contribution in [0.15, 0.2) is 24.3 Å². The molecule has 0 aliphatic carbocycles. The van der Waals surface area contributed by atoms with E-state index in [2.05, 4.69) is 50.4 Å². The van der Waals surface area contributed by atoms with Crippen molar-refractivity contribution in [3.8, 4) is 0 Å². The third-order valence-electron chi connectivity index (χ3n) is 3.78. The van der Waals surface area contributed by atoms with Gasteiger partial charge in [0.15, 0.2) is 0 Å². The van der Waals surface area contributed by atoms with Gasteiger partial charge in [-0.05, 0) is 31.7 Å². The number of nitrogens with one attached hydrogen (secondary N) is 1. The van der Waals surface area contributed by atoms with Gasteiger partial charge in [0, 0.05) is 12.3 Å². The van der Waals surface area contributed by atoms with Crippen LogP contribution in [0.4, 0.5) is 0 Å². The molecule has 0 spiro atoms. The lowest BCUT2D eigenvalue weighted by Crippen LogP contribution is -2.49. The molecule has 1 rings (SSSR count). The summed E-state index contributed by atoms with van der Waals surface area (Å²) in [6, 6.07) is 8.32. The van der Waals surface area contributed by atoms with Crippen LogP contribution in [0.2, 0.25) is 0 Å². The van der Waals surface area contributed by atoms with Gasteiger partial charge in [-0.15, -0.1) is 11.6 Å². The standard InChI is InChI=1S/C16H24ClNO/c1-4-16(5-2,12-17)18-15(19)11-10-14-8-6-13(3)7-9-14/h6-9H,4-5,10-12H2,1-3H3,(H,18,19). The van der Waals surface area contributed by atoms with E-state index in [1.54, 1.807) is 0 Å². The molecule has 1 amide bonds. The summed E-state index contributed by atoms with van der Waals surface area (Å²) in [5.41, 5.74) is 2.20. The van der Waals surface area contributed by atoms with Gasteiger partial charge in [0.1, 0.15) is 0 Å².